The molecule has 0 aromatic heterocycles. The molecule has 0 saturated carbocycles. The predicted octanol–water partition coefficient (Wildman–Crippen LogP) is 4.60. The van der Waals surface area contributed by atoms with Gasteiger partial charge in [-0.1, -0.05) is 15.9 Å². The zero-order valence-electron chi connectivity index (χ0n) is 9.08. The van der Waals surface area contributed by atoms with Gasteiger partial charge in [-0.3, -0.25) is 4.79 Å². The third-order valence-electron chi connectivity index (χ3n) is 2.28. The number of halogens is 3. The van der Waals surface area contributed by atoms with Gasteiger partial charge in [-0.25, -0.2) is 4.39 Å². The molecule has 1 N–H and O–H groups in total. The molecule has 0 fully saturated rings. The minimum absolute atomic E-state index is 0.284. The van der Waals surface area contributed by atoms with Crippen molar-refractivity contribution in [2.24, 2.45) is 0 Å². The van der Waals surface area contributed by atoms with Crippen LogP contribution in [0.15, 0.2) is 51.4 Å². The first-order valence-electron chi connectivity index (χ1n) is 5.08. The van der Waals surface area contributed by atoms with E-state index in [0.717, 1.165) is 8.95 Å². The summed E-state index contributed by atoms with van der Waals surface area (Å²) in [5.41, 5.74) is 1.06. The van der Waals surface area contributed by atoms with Crippen molar-refractivity contribution in [1.29, 1.82) is 0 Å². The van der Waals surface area contributed by atoms with Crippen molar-refractivity contribution in [3.05, 3.63) is 62.8 Å². The van der Waals surface area contributed by atoms with E-state index in [1.165, 1.54) is 24.3 Å². The molecule has 0 bridgehead atoms. The molecular weight excluding hydrogens is 365 g/mol. The Labute approximate surface area is 120 Å². The first-order valence-corrected chi connectivity index (χ1v) is 6.67. The lowest BCUT2D eigenvalue weighted by molar-refractivity contribution is 0.102. The maximum Gasteiger partial charge on any atom is 0.255 e. The van der Waals surface area contributed by atoms with Crippen molar-refractivity contribution < 1.29 is 9.18 Å². The fraction of sp³-hybridized carbons (Fsp3) is 0. The van der Waals surface area contributed by atoms with Gasteiger partial charge in [-0.2, -0.15) is 0 Å². The molecule has 1 amide bonds. The lowest BCUT2D eigenvalue weighted by Crippen LogP contribution is -2.12. The highest BCUT2D eigenvalue weighted by Crippen LogP contribution is 2.26. The number of anilines is 1. The van der Waals surface area contributed by atoms with Gasteiger partial charge in [0.1, 0.15) is 5.82 Å². The quantitative estimate of drug-likeness (QED) is 0.819. The van der Waals surface area contributed by atoms with Gasteiger partial charge in [0, 0.05) is 14.5 Å². The van der Waals surface area contributed by atoms with Gasteiger partial charge >= 0.3 is 0 Å². The number of amides is 1. The van der Waals surface area contributed by atoms with E-state index < -0.39 is 0 Å². The van der Waals surface area contributed by atoms with Crippen LogP contribution in [0.3, 0.4) is 0 Å². The SMILES string of the molecule is O=C(Nc1cc(Br)ccc1Br)c1ccc(F)cc1. The molecule has 0 aliphatic heterocycles. The average Bonchev–Trinajstić information content (AvgIpc) is 2.34. The second-order valence-electron chi connectivity index (χ2n) is 3.59. The molecule has 2 rings (SSSR count). The fourth-order valence-corrected chi connectivity index (χ4v) is 2.10. The summed E-state index contributed by atoms with van der Waals surface area (Å²) >= 11 is 6.68. The Morgan fingerprint density at radius 1 is 1.06 bits per heavy atom. The van der Waals surface area contributed by atoms with Crippen molar-refractivity contribution in [2.45, 2.75) is 0 Å². The molecule has 0 aliphatic carbocycles. The fourth-order valence-electron chi connectivity index (χ4n) is 1.39. The molecule has 0 heterocycles. The van der Waals surface area contributed by atoms with Gasteiger partial charge in [0.25, 0.3) is 5.91 Å². The lowest BCUT2D eigenvalue weighted by atomic mass is 10.2. The molecule has 18 heavy (non-hydrogen) atoms. The van der Waals surface area contributed by atoms with E-state index in [1.54, 1.807) is 6.07 Å². The zero-order chi connectivity index (χ0) is 13.1. The van der Waals surface area contributed by atoms with Crippen LogP contribution in [0.2, 0.25) is 0 Å². The lowest BCUT2D eigenvalue weighted by Gasteiger charge is -2.08. The van der Waals surface area contributed by atoms with Crippen LogP contribution >= 0.6 is 31.9 Å². The van der Waals surface area contributed by atoms with Gasteiger partial charge in [0.2, 0.25) is 0 Å². The number of benzene rings is 2. The number of hydrogen-bond acceptors (Lipinski definition) is 1. The van der Waals surface area contributed by atoms with Crippen molar-refractivity contribution in [3.63, 3.8) is 0 Å². The normalized spacial score (nSPS) is 10.2. The average molecular weight is 373 g/mol. The standard InChI is InChI=1S/C13H8Br2FNO/c14-9-3-6-11(15)12(7-9)17-13(18)8-1-4-10(16)5-2-8/h1-7H,(H,17,18). The summed E-state index contributed by atoms with van der Waals surface area (Å²) in [6.45, 7) is 0. The summed E-state index contributed by atoms with van der Waals surface area (Å²) in [5.74, 6) is -0.649. The predicted molar refractivity (Wildman–Crippen MR) is 76.2 cm³/mol. The maximum absolute atomic E-state index is 12.7. The Bertz CT molecular complexity index is 584. The van der Waals surface area contributed by atoms with Crippen molar-refractivity contribution in [3.8, 4) is 0 Å². The topological polar surface area (TPSA) is 29.1 Å². The van der Waals surface area contributed by atoms with Crippen LogP contribution in [0.4, 0.5) is 10.1 Å². The summed E-state index contributed by atoms with van der Waals surface area (Å²) in [6.07, 6.45) is 0. The van der Waals surface area contributed by atoms with Gasteiger partial charge < -0.3 is 5.32 Å². The molecule has 0 radical (unpaired) electrons. The molecule has 92 valence electrons. The molecule has 2 aromatic rings. The summed E-state index contributed by atoms with van der Waals surface area (Å²) in [6, 6.07) is 10.9. The summed E-state index contributed by atoms with van der Waals surface area (Å²) in [4.78, 5) is 11.9. The molecule has 2 aromatic carbocycles. The van der Waals surface area contributed by atoms with Gasteiger partial charge in [-0.15, -0.1) is 0 Å². The minimum atomic E-state index is -0.366. The van der Waals surface area contributed by atoms with Crippen LogP contribution in [0.25, 0.3) is 0 Å². The van der Waals surface area contributed by atoms with Crippen LogP contribution in [-0.2, 0) is 0 Å². The Morgan fingerprint density at radius 2 is 1.72 bits per heavy atom. The summed E-state index contributed by atoms with van der Waals surface area (Å²) in [7, 11) is 0. The summed E-state index contributed by atoms with van der Waals surface area (Å²) < 4.78 is 14.4. The van der Waals surface area contributed by atoms with Crippen molar-refractivity contribution in [1.82, 2.24) is 0 Å². The number of hydrogen-bond donors (Lipinski definition) is 1. The van der Waals surface area contributed by atoms with E-state index in [-0.39, 0.29) is 11.7 Å². The molecule has 0 unspecified atom stereocenters. The van der Waals surface area contributed by atoms with E-state index in [2.05, 4.69) is 37.2 Å². The van der Waals surface area contributed by atoms with E-state index in [4.69, 9.17) is 0 Å². The molecule has 5 heteroatoms. The van der Waals surface area contributed by atoms with Crippen LogP contribution in [0.1, 0.15) is 10.4 Å². The third kappa shape index (κ3) is 3.17. The van der Waals surface area contributed by atoms with Crippen LogP contribution in [0.5, 0.6) is 0 Å². The van der Waals surface area contributed by atoms with Crippen LogP contribution in [-0.4, -0.2) is 5.91 Å². The van der Waals surface area contributed by atoms with Crippen LogP contribution < -0.4 is 5.32 Å². The highest BCUT2D eigenvalue weighted by atomic mass is 79.9. The largest absolute Gasteiger partial charge is 0.321 e. The molecule has 0 saturated heterocycles. The van der Waals surface area contributed by atoms with Crippen LogP contribution in [0, 0.1) is 5.82 Å². The van der Waals surface area contributed by atoms with E-state index in [1.807, 2.05) is 12.1 Å². The monoisotopic (exact) mass is 371 g/mol. The molecular formula is C13H8Br2FNO. The molecule has 2 nitrogen and oxygen atoms in total. The smallest absolute Gasteiger partial charge is 0.255 e. The minimum Gasteiger partial charge on any atom is -0.321 e. The Kier molecular flexibility index (Phi) is 4.14. The summed E-state index contributed by atoms with van der Waals surface area (Å²) in [5, 5.41) is 2.75. The first-order chi connectivity index (χ1) is 8.56. The number of nitrogens with one attached hydrogen (secondary N) is 1. The second kappa shape index (κ2) is 5.63. The van der Waals surface area contributed by atoms with E-state index >= 15 is 0 Å². The molecule has 0 aliphatic rings. The van der Waals surface area contributed by atoms with E-state index in [0.29, 0.717) is 11.3 Å². The Morgan fingerprint density at radius 3 is 2.39 bits per heavy atom. The highest BCUT2D eigenvalue weighted by molar-refractivity contribution is 9.11. The first kappa shape index (κ1) is 13.2. The maximum atomic E-state index is 12.7. The third-order valence-corrected chi connectivity index (χ3v) is 3.47. The second-order valence-corrected chi connectivity index (χ2v) is 5.36. The van der Waals surface area contributed by atoms with E-state index in [9.17, 15) is 9.18 Å². The molecule has 0 spiro atoms. The number of carbonyl (C=O) groups is 1. The number of rotatable bonds is 2. The Balaban J connectivity index is 2.21. The highest BCUT2D eigenvalue weighted by Gasteiger charge is 2.08. The van der Waals surface area contributed by atoms with Gasteiger partial charge in [0.15, 0.2) is 0 Å². The zero-order valence-corrected chi connectivity index (χ0v) is 12.3. The van der Waals surface area contributed by atoms with Crippen molar-refractivity contribution in [2.75, 3.05) is 5.32 Å². The van der Waals surface area contributed by atoms with Crippen molar-refractivity contribution >= 4 is 43.5 Å². The van der Waals surface area contributed by atoms with Gasteiger partial charge in [-0.05, 0) is 58.4 Å². The Hall–Kier alpha value is -1.20. The van der Waals surface area contributed by atoms with Gasteiger partial charge in [0.05, 0.1) is 5.69 Å². The number of carbonyl (C=O) groups excluding carboxylic acids is 1. The molecule has 0 atom stereocenters.